The second kappa shape index (κ2) is 18.6. The van der Waals surface area contributed by atoms with Gasteiger partial charge in [-0.05, 0) is 53.4 Å². The van der Waals surface area contributed by atoms with Crippen molar-refractivity contribution in [3.05, 3.63) is 0 Å². The third-order valence-electron chi connectivity index (χ3n) is 5.44. The Hall–Kier alpha value is -1.68. The highest BCUT2D eigenvalue weighted by molar-refractivity contribution is 7.85. The van der Waals surface area contributed by atoms with Crippen molar-refractivity contribution >= 4 is 28.0 Å². The Kier molecular flexibility index (Phi) is 20.1. The quantitative estimate of drug-likeness (QED) is 0.211. The summed E-state index contributed by atoms with van der Waals surface area (Å²) in [5.41, 5.74) is -1.26. The summed E-state index contributed by atoms with van der Waals surface area (Å²) in [6.45, 7) is 19.0. The molecule has 0 saturated heterocycles. The van der Waals surface area contributed by atoms with Gasteiger partial charge in [-0.3, -0.25) is 18.9 Å². The highest BCUT2D eigenvalue weighted by Gasteiger charge is 2.28. The standard InChI is InChI=1S/C9H19NO4S.C9H18O2.C7H14O2/c1-5-7(2)8(11)10-9(3,4)6-15(12,13)14;1-4-6-7-11-9(10)8(3)5-2;1-5-7(2,3)6(8)9-4/h7H,5-6H2,1-4H3,(H,10,11)(H,12,13,14);8H,4-7H2,1-3H3;5H2,1-4H3. The number of esters is 2. The van der Waals surface area contributed by atoms with Gasteiger partial charge in [-0.25, -0.2) is 0 Å². The average molecular weight is 526 g/mol. The lowest BCUT2D eigenvalue weighted by Gasteiger charge is -2.26. The number of hydrogen-bond acceptors (Lipinski definition) is 7. The summed E-state index contributed by atoms with van der Waals surface area (Å²) in [7, 11) is -2.66. The van der Waals surface area contributed by atoms with Gasteiger partial charge in [-0.1, -0.05) is 48.0 Å². The molecule has 10 heteroatoms. The fourth-order valence-corrected chi connectivity index (χ4v) is 3.17. The van der Waals surface area contributed by atoms with E-state index in [0.29, 0.717) is 13.0 Å². The van der Waals surface area contributed by atoms with Crippen molar-refractivity contribution < 1.29 is 36.8 Å². The van der Waals surface area contributed by atoms with Crippen LogP contribution >= 0.6 is 0 Å². The molecular formula is C25H51NO8S. The van der Waals surface area contributed by atoms with Crippen LogP contribution < -0.4 is 5.32 Å². The Balaban J connectivity index is -0.000000456. The summed E-state index contributed by atoms with van der Waals surface area (Å²) in [6, 6.07) is 0. The zero-order valence-corrected chi connectivity index (χ0v) is 24.6. The number of methoxy groups -OCH3 is 1. The average Bonchev–Trinajstić information content (AvgIpc) is 2.76. The molecule has 210 valence electrons. The predicted octanol–water partition coefficient (Wildman–Crippen LogP) is 4.79. The van der Waals surface area contributed by atoms with Crippen molar-refractivity contribution in [1.29, 1.82) is 0 Å². The van der Waals surface area contributed by atoms with Gasteiger partial charge < -0.3 is 14.8 Å². The van der Waals surface area contributed by atoms with Crippen LogP contribution in [0.1, 0.15) is 101 Å². The first kappa shape index (κ1) is 37.9. The molecule has 2 unspecified atom stereocenters. The lowest BCUT2D eigenvalue weighted by Crippen LogP contribution is -2.49. The van der Waals surface area contributed by atoms with Crippen molar-refractivity contribution in [1.82, 2.24) is 5.32 Å². The molecule has 0 saturated carbocycles. The molecule has 0 rings (SSSR count). The van der Waals surface area contributed by atoms with E-state index in [-0.39, 0.29) is 35.1 Å². The molecule has 1 amide bonds. The van der Waals surface area contributed by atoms with Gasteiger partial charge in [-0.2, -0.15) is 8.42 Å². The number of hydrogen-bond donors (Lipinski definition) is 2. The van der Waals surface area contributed by atoms with Gasteiger partial charge in [0.25, 0.3) is 10.1 Å². The number of nitrogens with one attached hydrogen (secondary N) is 1. The first-order valence-electron chi connectivity index (χ1n) is 12.4. The van der Waals surface area contributed by atoms with E-state index in [1.165, 1.54) is 7.11 Å². The summed E-state index contributed by atoms with van der Waals surface area (Å²) < 4.78 is 39.6. The molecule has 0 aromatic carbocycles. The van der Waals surface area contributed by atoms with Crippen LogP contribution in [0, 0.1) is 17.3 Å². The van der Waals surface area contributed by atoms with Gasteiger partial charge >= 0.3 is 11.9 Å². The third kappa shape index (κ3) is 21.3. The van der Waals surface area contributed by atoms with Gasteiger partial charge in [0.2, 0.25) is 5.91 Å². The van der Waals surface area contributed by atoms with Crippen LogP contribution in [0.4, 0.5) is 0 Å². The molecule has 0 bridgehead atoms. The van der Waals surface area contributed by atoms with E-state index in [1.54, 1.807) is 20.8 Å². The molecule has 35 heavy (non-hydrogen) atoms. The molecule has 0 heterocycles. The predicted molar refractivity (Wildman–Crippen MR) is 140 cm³/mol. The lowest BCUT2D eigenvalue weighted by molar-refractivity contribution is -0.151. The molecule has 9 nitrogen and oxygen atoms in total. The van der Waals surface area contributed by atoms with Crippen LogP contribution in [-0.4, -0.2) is 55.8 Å². The van der Waals surface area contributed by atoms with Crippen molar-refractivity contribution in [2.45, 2.75) is 107 Å². The zero-order chi connectivity index (χ0) is 28.5. The molecule has 0 radical (unpaired) electrons. The largest absolute Gasteiger partial charge is 0.469 e. The molecule has 0 aliphatic heterocycles. The third-order valence-corrected chi connectivity index (χ3v) is 6.53. The van der Waals surface area contributed by atoms with Gasteiger partial charge in [0.05, 0.1) is 36.3 Å². The molecule has 0 aliphatic carbocycles. The summed E-state index contributed by atoms with van der Waals surface area (Å²) in [4.78, 5) is 33.4. The summed E-state index contributed by atoms with van der Waals surface area (Å²) in [5, 5.41) is 2.59. The smallest absolute Gasteiger partial charge is 0.311 e. The topological polar surface area (TPSA) is 136 Å². The van der Waals surface area contributed by atoms with Crippen LogP contribution in [0.2, 0.25) is 0 Å². The van der Waals surface area contributed by atoms with Crippen LogP contribution in [-0.2, 0) is 34.0 Å². The molecule has 0 fully saturated rings. The van der Waals surface area contributed by atoms with Crippen molar-refractivity contribution in [3.63, 3.8) is 0 Å². The van der Waals surface area contributed by atoms with E-state index in [1.807, 2.05) is 41.5 Å². The van der Waals surface area contributed by atoms with E-state index in [0.717, 1.165) is 25.7 Å². The van der Waals surface area contributed by atoms with Gasteiger partial charge in [0, 0.05) is 5.92 Å². The summed E-state index contributed by atoms with van der Waals surface area (Å²) in [6.07, 6.45) is 4.42. The number of amides is 1. The Morgan fingerprint density at radius 3 is 1.74 bits per heavy atom. The summed E-state index contributed by atoms with van der Waals surface area (Å²) in [5.74, 6) is -0.975. The molecule has 0 aromatic heterocycles. The Morgan fingerprint density at radius 1 is 0.943 bits per heavy atom. The van der Waals surface area contributed by atoms with Crippen molar-refractivity contribution in [2.75, 3.05) is 19.5 Å². The molecular weight excluding hydrogens is 474 g/mol. The van der Waals surface area contributed by atoms with Gasteiger partial charge in [-0.15, -0.1) is 0 Å². The minimum absolute atomic E-state index is 0.0547. The Bertz CT molecular complexity index is 717. The maximum Gasteiger partial charge on any atom is 0.311 e. The normalized spacial score (nSPS) is 13.1. The monoisotopic (exact) mass is 525 g/mol. The number of carbonyl (C=O) groups excluding carboxylic acids is 3. The minimum atomic E-state index is -4.07. The van der Waals surface area contributed by atoms with E-state index < -0.39 is 21.4 Å². The number of carbonyl (C=O) groups is 3. The van der Waals surface area contributed by atoms with Crippen molar-refractivity contribution in [2.24, 2.45) is 17.3 Å². The first-order chi connectivity index (χ1) is 15.8. The van der Waals surface area contributed by atoms with Gasteiger partial charge in [0.15, 0.2) is 0 Å². The molecule has 2 atom stereocenters. The zero-order valence-electron chi connectivity index (χ0n) is 23.8. The van der Waals surface area contributed by atoms with Crippen LogP contribution in [0.3, 0.4) is 0 Å². The Labute approximate surface area is 213 Å². The maximum atomic E-state index is 11.5. The Morgan fingerprint density at radius 2 is 1.43 bits per heavy atom. The molecule has 0 aliphatic rings. The highest BCUT2D eigenvalue weighted by Crippen LogP contribution is 2.20. The van der Waals surface area contributed by atoms with Crippen LogP contribution in [0.5, 0.6) is 0 Å². The maximum absolute atomic E-state index is 11.5. The van der Waals surface area contributed by atoms with E-state index in [9.17, 15) is 22.8 Å². The highest BCUT2D eigenvalue weighted by atomic mass is 32.2. The van der Waals surface area contributed by atoms with Crippen molar-refractivity contribution in [3.8, 4) is 0 Å². The second-order valence-corrected chi connectivity index (χ2v) is 11.4. The van der Waals surface area contributed by atoms with E-state index in [4.69, 9.17) is 9.29 Å². The van der Waals surface area contributed by atoms with Crippen LogP contribution in [0.25, 0.3) is 0 Å². The lowest BCUT2D eigenvalue weighted by atomic mass is 9.91. The number of unbranched alkanes of at least 4 members (excludes halogenated alkanes) is 1. The number of rotatable bonds is 12. The van der Waals surface area contributed by atoms with E-state index in [2.05, 4.69) is 17.0 Å². The fourth-order valence-electron chi connectivity index (χ4n) is 2.18. The fraction of sp³-hybridized carbons (Fsp3) is 0.880. The molecule has 0 aromatic rings. The summed E-state index contributed by atoms with van der Waals surface area (Å²) >= 11 is 0. The molecule has 0 spiro atoms. The van der Waals surface area contributed by atoms with Crippen LogP contribution in [0.15, 0.2) is 0 Å². The van der Waals surface area contributed by atoms with E-state index >= 15 is 0 Å². The second-order valence-electron chi connectivity index (χ2n) is 9.97. The minimum Gasteiger partial charge on any atom is -0.469 e. The van der Waals surface area contributed by atoms with Gasteiger partial charge in [0.1, 0.15) is 0 Å². The number of ether oxygens (including phenoxy) is 2. The SMILES string of the molecule is CCC(C)(C)C(=O)OC.CCC(C)C(=O)NC(C)(C)CS(=O)(=O)O.CCCCOC(=O)C(C)CC. The molecule has 2 N–H and O–H groups in total. The first-order valence-corrected chi connectivity index (χ1v) is 14.0.